The van der Waals surface area contributed by atoms with E-state index in [1.54, 1.807) is 0 Å². The summed E-state index contributed by atoms with van der Waals surface area (Å²) in [4.78, 5) is 12.8. The third-order valence-electron chi connectivity index (χ3n) is 10.4. The van der Waals surface area contributed by atoms with Gasteiger partial charge in [0.15, 0.2) is 5.78 Å². The van der Waals surface area contributed by atoms with E-state index < -0.39 is 17.1 Å². The maximum Gasteiger partial charge on any atom is 0.162 e. The summed E-state index contributed by atoms with van der Waals surface area (Å²) in [7, 11) is 0. The Labute approximate surface area is 207 Å². The molecule has 0 radical (unpaired) electrons. The van der Waals surface area contributed by atoms with Crippen LogP contribution in [-0.2, 0) is 11.2 Å². The fraction of sp³-hybridized carbons (Fsp3) is 0.533. The van der Waals surface area contributed by atoms with Crippen molar-refractivity contribution in [3.05, 3.63) is 65.0 Å². The number of Topliss-reactive ketones (excluding diaryl/α,β-unsaturated/α-hetero) is 1. The highest BCUT2D eigenvalue weighted by atomic mass is 16.3. The van der Waals surface area contributed by atoms with Gasteiger partial charge >= 0.3 is 0 Å². The highest BCUT2D eigenvalue weighted by molar-refractivity contribution is 5.86. The molecule has 4 aliphatic carbocycles. The molecule has 6 rings (SSSR count). The van der Waals surface area contributed by atoms with E-state index in [1.807, 2.05) is 42.9 Å². The van der Waals surface area contributed by atoms with E-state index in [0.29, 0.717) is 6.42 Å². The normalized spacial score (nSPS) is 41.7. The number of allylic oxidation sites excluding steroid dienone is 3. The molecule has 5 nitrogen and oxygen atoms in total. The molecule has 1 aromatic heterocycles. The van der Waals surface area contributed by atoms with Crippen molar-refractivity contribution in [1.82, 2.24) is 9.78 Å². The van der Waals surface area contributed by atoms with E-state index in [2.05, 4.69) is 38.1 Å². The molecule has 0 aliphatic heterocycles. The van der Waals surface area contributed by atoms with Crippen LogP contribution in [0.4, 0.5) is 0 Å². The van der Waals surface area contributed by atoms with Gasteiger partial charge in [0.25, 0.3) is 0 Å². The predicted octanol–water partition coefficient (Wildman–Crippen LogP) is 4.76. The van der Waals surface area contributed by atoms with E-state index in [9.17, 15) is 15.0 Å². The van der Waals surface area contributed by atoms with Crippen molar-refractivity contribution in [3.63, 3.8) is 0 Å². The fourth-order valence-corrected chi connectivity index (χ4v) is 8.92. The number of aromatic nitrogens is 2. The molecule has 1 heterocycles. The number of carbonyl (C=O) groups excluding carboxylic acids is 1. The first-order chi connectivity index (χ1) is 16.5. The minimum absolute atomic E-state index is 0.0326. The van der Waals surface area contributed by atoms with Crippen molar-refractivity contribution >= 4 is 11.9 Å². The molecule has 5 heteroatoms. The van der Waals surface area contributed by atoms with Gasteiger partial charge in [-0.05, 0) is 80.2 Å². The molecule has 2 saturated carbocycles. The first-order valence-corrected chi connectivity index (χ1v) is 13.0. The topological polar surface area (TPSA) is 75.3 Å². The van der Waals surface area contributed by atoms with Gasteiger partial charge in [-0.25, -0.2) is 4.68 Å². The number of para-hydroxylation sites is 1. The van der Waals surface area contributed by atoms with Crippen molar-refractivity contribution in [2.45, 2.75) is 65.6 Å². The lowest BCUT2D eigenvalue weighted by Crippen LogP contribution is -2.62. The zero-order valence-electron chi connectivity index (χ0n) is 21.3. The summed E-state index contributed by atoms with van der Waals surface area (Å²) in [5.41, 5.74) is 3.62. The summed E-state index contributed by atoms with van der Waals surface area (Å²) in [6, 6.07) is 10.2. The quantitative estimate of drug-likeness (QED) is 0.661. The van der Waals surface area contributed by atoms with Crippen molar-refractivity contribution in [2.75, 3.05) is 0 Å². The maximum atomic E-state index is 12.8. The average molecular weight is 473 g/mol. The second-order valence-corrected chi connectivity index (χ2v) is 12.2. The van der Waals surface area contributed by atoms with Gasteiger partial charge in [-0.1, -0.05) is 50.6 Å². The lowest BCUT2D eigenvalue weighted by atomic mass is 9.46. The molecule has 8 atom stereocenters. The minimum atomic E-state index is -1.39. The molecule has 1 aromatic carbocycles. The summed E-state index contributed by atoms with van der Waals surface area (Å²) in [5.74, 6) is 0.0142. The first kappa shape index (κ1) is 22.9. The maximum absolute atomic E-state index is 12.8. The molecular weight excluding hydrogens is 436 g/mol. The minimum Gasteiger partial charge on any atom is -0.393 e. The van der Waals surface area contributed by atoms with E-state index in [-0.39, 0.29) is 34.9 Å². The Morgan fingerprint density at radius 3 is 2.60 bits per heavy atom. The van der Waals surface area contributed by atoms with Crippen LogP contribution in [0.5, 0.6) is 0 Å². The Hall–Kier alpha value is -2.50. The fourth-order valence-electron chi connectivity index (χ4n) is 8.92. The van der Waals surface area contributed by atoms with Crippen LogP contribution in [0.3, 0.4) is 0 Å². The lowest BCUT2D eigenvalue weighted by molar-refractivity contribution is -0.175. The van der Waals surface area contributed by atoms with E-state index in [0.717, 1.165) is 24.2 Å². The number of benzene rings is 1. The number of hydrogen-bond donors (Lipinski definition) is 2. The molecule has 0 spiro atoms. The molecular formula is C30H36N2O3. The number of aliphatic hydroxyl groups excluding tert-OH is 1. The number of aliphatic hydroxyl groups is 2. The Bertz CT molecular complexity index is 1280. The number of fused-ring (bicyclic) bond motifs is 6. The number of nitrogens with zero attached hydrogens (tertiary/aromatic N) is 2. The van der Waals surface area contributed by atoms with Gasteiger partial charge in [0.1, 0.15) is 5.60 Å². The average Bonchev–Trinajstić information content (AvgIpc) is 3.30. The van der Waals surface area contributed by atoms with Crippen LogP contribution in [-0.4, -0.2) is 37.5 Å². The molecule has 2 N–H and O–H groups in total. The highest BCUT2D eigenvalue weighted by Crippen LogP contribution is 2.68. The Kier molecular flexibility index (Phi) is 4.76. The third-order valence-corrected chi connectivity index (χ3v) is 10.4. The van der Waals surface area contributed by atoms with Crippen molar-refractivity contribution in [2.24, 2.45) is 34.5 Å². The molecule has 184 valence electrons. The van der Waals surface area contributed by atoms with Gasteiger partial charge in [-0.15, -0.1) is 0 Å². The van der Waals surface area contributed by atoms with E-state index >= 15 is 0 Å². The number of hydrogen-bond acceptors (Lipinski definition) is 4. The van der Waals surface area contributed by atoms with Gasteiger partial charge in [-0.2, -0.15) is 5.10 Å². The molecule has 4 aliphatic rings. The van der Waals surface area contributed by atoms with E-state index in [1.165, 1.54) is 23.6 Å². The third kappa shape index (κ3) is 2.77. The number of rotatable bonds is 2. The lowest BCUT2D eigenvalue weighted by Gasteiger charge is -2.59. The van der Waals surface area contributed by atoms with Gasteiger partial charge in [-0.3, -0.25) is 4.79 Å². The van der Waals surface area contributed by atoms with E-state index in [4.69, 9.17) is 5.10 Å². The van der Waals surface area contributed by atoms with Crippen LogP contribution in [0, 0.1) is 34.5 Å². The SMILES string of the molecule is CC(=O)[C@@]1(O)[C@H](C)C[C@H]2[C@@H]3C=C(C)C4=Cc5c(cnn5-c5ccccc5)C[C@]4(C)[C@H]3[C@@H](O)C[C@@]21C. The van der Waals surface area contributed by atoms with Gasteiger partial charge in [0.05, 0.1) is 23.7 Å². The molecule has 35 heavy (non-hydrogen) atoms. The van der Waals surface area contributed by atoms with Crippen LogP contribution >= 0.6 is 0 Å². The zero-order chi connectivity index (χ0) is 24.9. The molecule has 0 saturated heterocycles. The number of carbonyl (C=O) groups is 1. The number of ketones is 1. The largest absolute Gasteiger partial charge is 0.393 e. The summed E-state index contributed by atoms with van der Waals surface area (Å²) in [6.07, 6.45) is 8.08. The smallest absolute Gasteiger partial charge is 0.162 e. The van der Waals surface area contributed by atoms with Gasteiger partial charge < -0.3 is 10.2 Å². The summed E-state index contributed by atoms with van der Waals surface area (Å²) in [6.45, 7) is 10.0. The zero-order valence-corrected chi connectivity index (χ0v) is 21.3. The second-order valence-electron chi connectivity index (χ2n) is 12.2. The molecule has 0 bridgehead atoms. The van der Waals surface area contributed by atoms with Crippen LogP contribution in [0.2, 0.25) is 0 Å². The summed E-state index contributed by atoms with van der Waals surface area (Å²) in [5, 5.41) is 28.2. The molecule has 2 fully saturated rings. The van der Waals surface area contributed by atoms with Crippen molar-refractivity contribution < 1.29 is 15.0 Å². The summed E-state index contributed by atoms with van der Waals surface area (Å²) < 4.78 is 2.02. The molecule has 2 aromatic rings. The second kappa shape index (κ2) is 7.27. The van der Waals surface area contributed by atoms with Crippen molar-refractivity contribution in [3.8, 4) is 5.69 Å². The van der Waals surface area contributed by atoms with Gasteiger partial charge in [0.2, 0.25) is 0 Å². The van der Waals surface area contributed by atoms with Crippen LogP contribution in [0.15, 0.2) is 53.8 Å². The molecule has 0 amide bonds. The monoisotopic (exact) mass is 472 g/mol. The van der Waals surface area contributed by atoms with Crippen LogP contribution in [0.1, 0.15) is 58.7 Å². The standard InChI is InChI=1S/C30H36N2O3/c1-17-11-22-24-12-18(2)30(35,19(3)33)29(24,5)15-26(34)27(22)28(4)14-20-16-31-32(25(20)13-23(17)28)21-9-7-6-8-10-21/h6-11,13,16,18,22,24,26-27,34-35H,12,14-15H2,1-5H3/t18-,22+,24+,26+,27-,28+,29+,30+/m1/s1. The Morgan fingerprint density at radius 1 is 1.20 bits per heavy atom. The predicted molar refractivity (Wildman–Crippen MR) is 136 cm³/mol. The van der Waals surface area contributed by atoms with Crippen molar-refractivity contribution in [1.29, 1.82) is 0 Å². The van der Waals surface area contributed by atoms with Crippen LogP contribution in [0.25, 0.3) is 11.8 Å². The van der Waals surface area contributed by atoms with Crippen LogP contribution < -0.4 is 0 Å². The Morgan fingerprint density at radius 2 is 1.91 bits per heavy atom. The first-order valence-electron chi connectivity index (χ1n) is 13.0. The summed E-state index contributed by atoms with van der Waals surface area (Å²) >= 11 is 0. The Balaban J connectivity index is 1.47. The van der Waals surface area contributed by atoms with Gasteiger partial charge in [0, 0.05) is 16.7 Å². The highest BCUT2D eigenvalue weighted by Gasteiger charge is 2.69. The molecule has 0 unspecified atom stereocenters.